The van der Waals surface area contributed by atoms with E-state index in [-0.39, 0.29) is 5.91 Å². The minimum absolute atomic E-state index is 0.112. The van der Waals surface area contributed by atoms with Crippen LogP contribution in [0.25, 0.3) is 16.6 Å². The van der Waals surface area contributed by atoms with Crippen LogP contribution in [-0.4, -0.2) is 32.2 Å². The summed E-state index contributed by atoms with van der Waals surface area (Å²) in [5, 5.41) is 8.43. The molecule has 1 aromatic carbocycles. The molecular formula is C20H19N5O. The summed E-state index contributed by atoms with van der Waals surface area (Å²) in [6.45, 7) is 0.621. The van der Waals surface area contributed by atoms with E-state index < -0.39 is 0 Å². The van der Waals surface area contributed by atoms with Crippen LogP contribution >= 0.6 is 0 Å². The first-order chi connectivity index (χ1) is 12.8. The molecule has 0 unspecified atom stereocenters. The molecule has 0 atom stereocenters. The fourth-order valence-electron chi connectivity index (χ4n) is 2.99. The van der Waals surface area contributed by atoms with Crippen molar-refractivity contribution in [3.63, 3.8) is 0 Å². The second-order valence-corrected chi connectivity index (χ2v) is 6.10. The van der Waals surface area contributed by atoms with Crippen molar-refractivity contribution < 1.29 is 4.79 Å². The number of nitrogens with one attached hydrogen (secondary N) is 2. The van der Waals surface area contributed by atoms with E-state index in [1.165, 1.54) is 10.9 Å². The summed E-state index contributed by atoms with van der Waals surface area (Å²) in [6, 6.07) is 12.0. The maximum atomic E-state index is 12.3. The Morgan fingerprint density at radius 1 is 1.15 bits per heavy atom. The molecular weight excluding hydrogens is 326 g/mol. The van der Waals surface area contributed by atoms with Gasteiger partial charge in [-0.05, 0) is 36.6 Å². The molecule has 0 bridgehead atoms. The third kappa shape index (κ3) is 3.35. The molecule has 4 rings (SSSR count). The number of nitrogens with zero attached hydrogens (tertiary/aromatic N) is 3. The number of aromatic nitrogens is 4. The van der Waals surface area contributed by atoms with Gasteiger partial charge in [-0.3, -0.25) is 9.78 Å². The normalized spacial score (nSPS) is 10.9. The molecule has 2 N–H and O–H groups in total. The van der Waals surface area contributed by atoms with Crippen LogP contribution in [0.5, 0.6) is 0 Å². The number of fused-ring (bicyclic) bond motifs is 1. The Balaban J connectivity index is 1.31. The van der Waals surface area contributed by atoms with Crippen molar-refractivity contribution in [2.45, 2.75) is 12.8 Å². The van der Waals surface area contributed by atoms with Gasteiger partial charge in [0.1, 0.15) is 0 Å². The fraction of sp³-hybridized carbons (Fsp3) is 0.150. The van der Waals surface area contributed by atoms with Crippen LogP contribution in [-0.2, 0) is 6.42 Å². The molecule has 0 fully saturated rings. The number of para-hydroxylation sites is 1. The van der Waals surface area contributed by atoms with E-state index >= 15 is 0 Å². The van der Waals surface area contributed by atoms with Crippen molar-refractivity contribution >= 4 is 16.8 Å². The number of carbonyl (C=O) groups excluding carboxylic acids is 1. The van der Waals surface area contributed by atoms with Crippen molar-refractivity contribution in [2.75, 3.05) is 6.54 Å². The number of pyridine rings is 1. The first-order valence-electron chi connectivity index (χ1n) is 8.59. The molecule has 1 amide bonds. The second-order valence-electron chi connectivity index (χ2n) is 6.10. The lowest BCUT2D eigenvalue weighted by atomic mass is 10.1. The van der Waals surface area contributed by atoms with Gasteiger partial charge in [0.15, 0.2) is 0 Å². The predicted octanol–water partition coefficient (Wildman–Crippen LogP) is 3.11. The summed E-state index contributed by atoms with van der Waals surface area (Å²) in [7, 11) is 0. The molecule has 26 heavy (non-hydrogen) atoms. The van der Waals surface area contributed by atoms with Gasteiger partial charge in [0.2, 0.25) is 0 Å². The first kappa shape index (κ1) is 16.1. The van der Waals surface area contributed by atoms with Crippen molar-refractivity contribution in [1.29, 1.82) is 0 Å². The van der Waals surface area contributed by atoms with Crippen molar-refractivity contribution in [1.82, 2.24) is 25.1 Å². The number of aryl methyl sites for hydroxylation is 1. The van der Waals surface area contributed by atoms with Gasteiger partial charge >= 0.3 is 0 Å². The molecule has 0 saturated heterocycles. The zero-order valence-electron chi connectivity index (χ0n) is 14.2. The van der Waals surface area contributed by atoms with Crippen molar-refractivity contribution in [3.05, 3.63) is 78.5 Å². The highest BCUT2D eigenvalue weighted by Crippen LogP contribution is 2.18. The van der Waals surface area contributed by atoms with Gasteiger partial charge in [0.05, 0.1) is 23.6 Å². The first-order valence-corrected chi connectivity index (χ1v) is 8.59. The SMILES string of the molecule is O=C(NCCCc1c[nH]c2ccccc12)c1cnn(-c2cccnc2)c1. The summed E-state index contributed by atoms with van der Waals surface area (Å²) in [6.07, 6.45) is 10.5. The summed E-state index contributed by atoms with van der Waals surface area (Å²) in [4.78, 5) is 19.6. The number of carbonyl (C=O) groups is 1. The minimum Gasteiger partial charge on any atom is -0.361 e. The van der Waals surface area contributed by atoms with Gasteiger partial charge in [0.25, 0.3) is 5.91 Å². The van der Waals surface area contributed by atoms with Gasteiger partial charge in [-0.1, -0.05) is 18.2 Å². The maximum Gasteiger partial charge on any atom is 0.254 e. The van der Waals surface area contributed by atoms with Crippen LogP contribution < -0.4 is 5.32 Å². The van der Waals surface area contributed by atoms with Gasteiger partial charge in [0, 0.05) is 36.0 Å². The molecule has 6 nitrogen and oxygen atoms in total. The second kappa shape index (κ2) is 7.23. The molecule has 0 radical (unpaired) electrons. The third-order valence-corrected chi connectivity index (χ3v) is 4.34. The zero-order chi connectivity index (χ0) is 17.8. The van der Waals surface area contributed by atoms with Crippen LogP contribution in [0.15, 0.2) is 67.4 Å². The summed E-state index contributed by atoms with van der Waals surface area (Å²) >= 11 is 0. The Labute approximate surface area is 150 Å². The molecule has 0 aliphatic carbocycles. The number of amides is 1. The van der Waals surface area contributed by atoms with Crippen LogP contribution in [0.1, 0.15) is 22.3 Å². The van der Waals surface area contributed by atoms with E-state index in [4.69, 9.17) is 0 Å². The Kier molecular flexibility index (Phi) is 4.47. The van der Waals surface area contributed by atoms with E-state index in [1.807, 2.05) is 30.5 Å². The molecule has 3 heterocycles. The number of H-pyrrole nitrogens is 1. The van der Waals surface area contributed by atoms with Gasteiger partial charge in [-0.2, -0.15) is 5.10 Å². The number of hydrogen-bond acceptors (Lipinski definition) is 3. The van der Waals surface area contributed by atoms with E-state index in [9.17, 15) is 4.79 Å². The molecule has 0 aliphatic rings. The highest BCUT2D eigenvalue weighted by Gasteiger charge is 2.09. The van der Waals surface area contributed by atoms with E-state index in [1.54, 1.807) is 29.5 Å². The summed E-state index contributed by atoms with van der Waals surface area (Å²) in [5.74, 6) is -0.112. The number of rotatable bonds is 6. The number of aromatic amines is 1. The minimum atomic E-state index is -0.112. The largest absolute Gasteiger partial charge is 0.361 e. The van der Waals surface area contributed by atoms with Gasteiger partial charge in [-0.25, -0.2) is 4.68 Å². The average Bonchev–Trinajstić information content (AvgIpc) is 3.33. The van der Waals surface area contributed by atoms with Crippen LogP contribution in [0, 0.1) is 0 Å². The zero-order valence-corrected chi connectivity index (χ0v) is 14.2. The lowest BCUT2D eigenvalue weighted by molar-refractivity contribution is 0.0953. The number of benzene rings is 1. The third-order valence-electron chi connectivity index (χ3n) is 4.34. The number of hydrogen-bond donors (Lipinski definition) is 2. The maximum absolute atomic E-state index is 12.3. The Morgan fingerprint density at radius 3 is 2.96 bits per heavy atom. The van der Waals surface area contributed by atoms with Crippen molar-refractivity contribution in [2.24, 2.45) is 0 Å². The molecule has 130 valence electrons. The van der Waals surface area contributed by atoms with Crippen LogP contribution in [0.3, 0.4) is 0 Å². The Bertz CT molecular complexity index is 1020. The molecule has 0 aliphatic heterocycles. The Morgan fingerprint density at radius 2 is 2.08 bits per heavy atom. The van der Waals surface area contributed by atoms with Crippen LogP contribution in [0.4, 0.5) is 0 Å². The fourth-order valence-corrected chi connectivity index (χ4v) is 2.99. The highest BCUT2D eigenvalue weighted by atomic mass is 16.1. The van der Waals surface area contributed by atoms with E-state index in [0.717, 1.165) is 24.0 Å². The molecule has 3 aromatic heterocycles. The average molecular weight is 345 g/mol. The summed E-state index contributed by atoms with van der Waals surface area (Å²) < 4.78 is 1.65. The highest BCUT2D eigenvalue weighted by molar-refractivity contribution is 5.93. The topological polar surface area (TPSA) is 75.6 Å². The molecule has 0 spiro atoms. The van der Waals surface area contributed by atoms with E-state index in [2.05, 4.69) is 32.5 Å². The van der Waals surface area contributed by atoms with Crippen LogP contribution in [0.2, 0.25) is 0 Å². The Hall–Kier alpha value is -3.41. The standard InChI is InChI=1S/C20H19N5O/c26-20(16-12-24-25(14-16)17-6-4-9-21-13-17)22-10-3-5-15-11-23-19-8-2-1-7-18(15)19/h1-2,4,6-9,11-14,23H,3,5,10H2,(H,22,26). The van der Waals surface area contributed by atoms with Crippen molar-refractivity contribution in [3.8, 4) is 5.69 Å². The monoisotopic (exact) mass is 345 g/mol. The molecule has 4 aromatic rings. The predicted molar refractivity (Wildman–Crippen MR) is 100 cm³/mol. The van der Waals surface area contributed by atoms with Gasteiger partial charge in [-0.15, -0.1) is 0 Å². The molecule has 6 heteroatoms. The van der Waals surface area contributed by atoms with Gasteiger partial charge < -0.3 is 10.3 Å². The quantitative estimate of drug-likeness (QED) is 0.527. The lowest BCUT2D eigenvalue weighted by Gasteiger charge is -2.03. The lowest BCUT2D eigenvalue weighted by Crippen LogP contribution is -2.24. The smallest absolute Gasteiger partial charge is 0.254 e. The van der Waals surface area contributed by atoms with E-state index in [0.29, 0.717) is 12.1 Å². The summed E-state index contributed by atoms with van der Waals surface area (Å²) in [5.41, 5.74) is 3.79. The molecule has 0 saturated carbocycles.